The second kappa shape index (κ2) is 9.19. The molecule has 2 aromatic carbocycles. The Morgan fingerprint density at radius 1 is 1.03 bits per heavy atom. The lowest BCUT2D eigenvalue weighted by molar-refractivity contribution is 0.0925. The summed E-state index contributed by atoms with van der Waals surface area (Å²) >= 11 is 0. The van der Waals surface area contributed by atoms with Crippen LogP contribution >= 0.6 is 0 Å². The van der Waals surface area contributed by atoms with Crippen molar-refractivity contribution in [3.8, 4) is 0 Å². The topological polar surface area (TPSA) is 46.6 Å². The monoisotopic (exact) mass is 391 g/mol. The molecular weight excluding hydrogens is 362 g/mol. The lowest BCUT2D eigenvalue weighted by Crippen LogP contribution is -2.31. The van der Waals surface area contributed by atoms with Gasteiger partial charge >= 0.3 is 0 Å². The summed E-state index contributed by atoms with van der Waals surface area (Å²) in [5.41, 5.74) is 5.47. The average molecular weight is 392 g/mol. The van der Waals surface area contributed by atoms with Crippen LogP contribution in [0.25, 0.3) is 0 Å². The molecule has 4 nitrogen and oxygen atoms in total. The molecule has 3 rings (SSSR count). The molecule has 1 aliphatic rings. The Bertz CT molecular complexity index is 945. The van der Waals surface area contributed by atoms with E-state index in [1.165, 1.54) is 4.90 Å². The molecule has 0 saturated heterocycles. The van der Waals surface area contributed by atoms with Crippen LogP contribution in [-0.2, 0) is 24.2 Å². The Morgan fingerprint density at radius 3 is 2.45 bits per heavy atom. The largest absolute Gasteiger partial charge is 0.377 e. The predicted octanol–water partition coefficient (Wildman–Crippen LogP) is 5.48. The van der Waals surface area contributed by atoms with Gasteiger partial charge in [0.1, 0.15) is 0 Å². The molecule has 0 saturated carbocycles. The molecule has 1 heterocycles. The normalized spacial score (nSPS) is 13.1. The zero-order chi connectivity index (χ0) is 21.0. The van der Waals surface area contributed by atoms with Crippen LogP contribution in [-0.4, -0.2) is 18.4 Å². The van der Waals surface area contributed by atoms with E-state index in [9.17, 15) is 9.59 Å². The number of hydrogen-bond acceptors (Lipinski definition) is 3. The average Bonchev–Trinajstić information content (AvgIpc) is 2.95. The molecular formula is C25H29NO3. The molecule has 0 atom stereocenters. The quantitative estimate of drug-likeness (QED) is 0.323. The summed E-state index contributed by atoms with van der Waals surface area (Å²) in [6.07, 6.45) is 3.46. The van der Waals surface area contributed by atoms with Crippen molar-refractivity contribution in [1.29, 1.82) is 0 Å². The van der Waals surface area contributed by atoms with E-state index in [-0.39, 0.29) is 11.8 Å². The number of allylic oxidation sites excluding steroid dienone is 1. The first kappa shape index (κ1) is 21.0. The Morgan fingerprint density at radius 2 is 1.76 bits per heavy atom. The van der Waals surface area contributed by atoms with Crippen molar-refractivity contribution < 1.29 is 14.3 Å². The molecule has 0 fully saturated rings. The summed E-state index contributed by atoms with van der Waals surface area (Å²) in [5, 5.41) is 0. The molecule has 29 heavy (non-hydrogen) atoms. The number of unbranched alkanes of at least 4 members (excludes halogenated alkanes) is 1. The summed E-state index contributed by atoms with van der Waals surface area (Å²) in [7, 11) is 0. The van der Waals surface area contributed by atoms with Crippen LogP contribution in [0, 0.1) is 0 Å². The number of imide groups is 1. The van der Waals surface area contributed by atoms with E-state index in [1.807, 2.05) is 38.1 Å². The molecule has 4 heteroatoms. The minimum atomic E-state index is -0.260. The Labute approximate surface area is 173 Å². The third-order valence-corrected chi connectivity index (χ3v) is 5.16. The van der Waals surface area contributed by atoms with Gasteiger partial charge in [0.25, 0.3) is 11.8 Å². The van der Waals surface area contributed by atoms with Crippen molar-refractivity contribution >= 4 is 17.5 Å². The first-order valence-electron chi connectivity index (χ1n) is 10.3. The number of carbonyl (C=O) groups is 2. The Balaban J connectivity index is 1.96. The lowest BCUT2D eigenvalue weighted by atomic mass is 9.99. The first-order chi connectivity index (χ1) is 14.0. The maximum Gasteiger partial charge on any atom is 0.266 e. The van der Waals surface area contributed by atoms with Gasteiger partial charge in [-0.2, -0.15) is 0 Å². The molecule has 0 bridgehead atoms. The van der Waals surface area contributed by atoms with Crippen LogP contribution in [0.4, 0.5) is 5.69 Å². The van der Waals surface area contributed by atoms with Crippen molar-refractivity contribution in [2.45, 2.75) is 53.1 Å². The summed E-state index contributed by atoms with van der Waals surface area (Å²) in [4.78, 5) is 27.8. The SMILES string of the molecule is C=C(C)Cc1cccc(CC)c1N1C(=O)c2ccc(COCCCC)cc2C1=O. The van der Waals surface area contributed by atoms with E-state index >= 15 is 0 Å². The van der Waals surface area contributed by atoms with Gasteiger partial charge in [-0.25, -0.2) is 4.90 Å². The van der Waals surface area contributed by atoms with E-state index in [0.717, 1.165) is 41.5 Å². The van der Waals surface area contributed by atoms with E-state index < -0.39 is 0 Å². The molecule has 2 amide bonds. The van der Waals surface area contributed by atoms with Crippen molar-refractivity contribution in [1.82, 2.24) is 0 Å². The highest BCUT2D eigenvalue weighted by atomic mass is 16.5. The molecule has 152 valence electrons. The number of hydrogen-bond donors (Lipinski definition) is 0. The highest BCUT2D eigenvalue weighted by molar-refractivity contribution is 6.35. The van der Waals surface area contributed by atoms with Crippen LogP contribution in [0.5, 0.6) is 0 Å². The number of aryl methyl sites for hydroxylation is 1. The van der Waals surface area contributed by atoms with Crippen LogP contribution < -0.4 is 4.90 Å². The molecule has 0 N–H and O–H groups in total. The summed E-state index contributed by atoms with van der Waals surface area (Å²) in [6, 6.07) is 11.4. The number of para-hydroxylation sites is 1. The van der Waals surface area contributed by atoms with Gasteiger partial charge in [0, 0.05) is 6.61 Å². The Kier molecular flexibility index (Phi) is 6.65. The van der Waals surface area contributed by atoms with E-state index in [4.69, 9.17) is 4.74 Å². The second-order valence-electron chi connectivity index (χ2n) is 7.64. The van der Waals surface area contributed by atoms with Crippen LogP contribution in [0.3, 0.4) is 0 Å². The van der Waals surface area contributed by atoms with Gasteiger partial charge in [0.05, 0.1) is 23.4 Å². The fourth-order valence-corrected chi connectivity index (χ4v) is 3.70. The maximum atomic E-state index is 13.3. The lowest BCUT2D eigenvalue weighted by Gasteiger charge is -2.22. The number of fused-ring (bicyclic) bond motifs is 1. The van der Waals surface area contributed by atoms with Crippen molar-refractivity contribution in [3.05, 3.63) is 76.4 Å². The fraction of sp³-hybridized carbons (Fsp3) is 0.360. The summed E-state index contributed by atoms with van der Waals surface area (Å²) in [6.45, 7) is 11.3. The molecule has 0 aliphatic carbocycles. The summed E-state index contributed by atoms with van der Waals surface area (Å²) in [5.74, 6) is -0.517. The van der Waals surface area contributed by atoms with Gasteiger partial charge in [0.15, 0.2) is 0 Å². The maximum absolute atomic E-state index is 13.3. The highest BCUT2D eigenvalue weighted by Crippen LogP contribution is 2.35. The van der Waals surface area contributed by atoms with Gasteiger partial charge in [-0.05, 0) is 55.0 Å². The fourth-order valence-electron chi connectivity index (χ4n) is 3.70. The van der Waals surface area contributed by atoms with E-state index in [1.54, 1.807) is 12.1 Å². The van der Waals surface area contributed by atoms with Gasteiger partial charge in [-0.1, -0.05) is 56.7 Å². The molecule has 0 unspecified atom stereocenters. The molecule has 0 aromatic heterocycles. The number of benzene rings is 2. The van der Waals surface area contributed by atoms with E-state index in [0.29, 0.717) is 36.4 Å². The molecule has 0 radical (unpaired) electrons. The number of nitrogens with zero attached hydrogens (tertiary/aromatic N) is 1. The third kappa shape index (κ3) is 4.33. The van der Waals surface area contributed by atoms with E-state index in [2.05, 4.69) is 13.5 Å². The smallest absolute Gasteiger partial charge is 0.266 e. The van der Waals surface area contributed by atoms with Crippen molar-refractivity contribution in [2.24, 2.45) is 0 Å². The third-order valence-electron chi connectivity index (χ3n) is 5.16. The van der Waals surface area contributed by atoms with Crippen molar-refractivity contribution in [3.63, 3.8) is 0 Å². The number of anilines is 1. The Hall–Kier alpha value is -2.72. The highest BCUT2D eigenvalue weighted by Gasteiger charge is 2.38. The predicted molar refractivity (Wildman–Crippen MR) is 116 cm³/mol. The number of amides is 2. The number of ether oxygens (including phenoxy) is 1. The minimum Gasteiger partial charge on any atom is -0.377 e. The number of rotatable bonds is 9. The van der Waals surface area contributed by atoms with Gasteiger partial charge in [-0.15, -0.1) is 0 Å². The second-order valence-corrected chi connectivity index (χ2v) is 7.64. The first-order valence-corrected chi connectivity index (χ1v) is 10.3. The van der Waals surface area contributed by atoms with Crippen molar-refractivity contribution in [2.75, 3.05) is 11.5 Å². The van der Waals surface area contributed by atoms with Gasteiger partial charge in [-0.3, -0.25) is 9.59 Å². The van der Waals surface area contributed by atoms with Crippen LogP contribution in [0.2, 0.25) is 0 Å². The van der Waals surface area contributed by atoms with Gasteiger partial charge in [0.2, 0.25) is 0 Å². The zero-order valence-electron chi connectivity index (χ0n) is 17.6. The van der Waals surface area contributed by atoms with Crippen LogP contribution in [0.1, 0.15) is 71.0 Å². The van der Waals surface area contributed by atoms with Crippen LogP contribution in [0.15, 0.2) is 48.6 Å². The standard InChI is InChI=1S/C25H29NO3/c1-5-7-13-29-16-18-11-12-21-22(15-18)25(28)26(24(21)27)23-19(6-2)9-8-10-20(23)14-17(3)4/h8-12,15H,3,5-7,13-14,16H2,1-2,4H3. The minimum absolute atomic E-state index is 0.257. The summed E-state index contributed by atoms with van der Waals surface area (Å²) < 4.78 is 5.67. The zero-order valence-corrected chi connectivity index (χ0v) is 17.6. The molecule has 1 aliphatic heterocycles. The molecule has 2 aromatic rings. The van der Waals surface area contributed by atoms with Gasteiger partial charge < -0.3 is 4.74 Å². The number of carbonyl (C=O) groups excluding carboxylic acids is 2. The molecule has 0 spiro atoms.